The van der Waals surface area contributed by atoms with Gasteiger partial charge >= 0.3 is 0 Å². The summed E-state index contributed by atoms with van der Waals surface area (Å²) >= 11 is 0. The standard InChI is InChI=1S/C14H19NO2/c1-11(12-5-3-2-4-6-12)13(17)15-9-14(10-16)7-8-14/h2-6,11,16H,7-10H2,1H3,(H,15,17). The molecule has 0 spiro atoms. The second-order valence-corrected chi connectivity index (χ2v) is 5.01. The molecule has 1 aliphatic rings. The Morgan fingerprint density at radius 3 is 2.59 bits per heavy atom. The van der Waals surface area contributed by atoms with E-state index in [9.17, 15) is 9.90 Å². The van der Waals surface area contributed by atoms with E-state index in [-0.39, 0.29) is 23.8 Å². The molecule has 1 atom stereocenters. The minimum Gasteiger partial charge on any atom is -0.396 e. The van der Waals surface area contributed by atoms with Crippen molar-refractivity contribution >= 4 is 5.91 Å². The number of nitrogens with one attached hydrogen (secondary N) is 1. The maximum absolute atomic E-state index is 11.9. The lowest BCUT2D eigenvalue weighted by atomic mass is 10.00. The predicted molar refractivity (Wildman–Crippen MR) is 66.6 cm³/mol. The van der Waals surface area contributed by atoms with Crippen molar-refractivity contribution in [2.24, 2.45) is 5.41 Å². The lowest BCUT2D eigenvalue weighted by Crippen LogP contribution is -2.34. The summed E-state index contributed by atoms with van der Waals surface area (Å²) in [7, 11) is 0. The minimum atomic E-state index is -0.134. The first-order valence-corrected chi connectivity index (χ1v) is 6.10. The normalized spacial score (nSPS) is 18.5. The lowest BCUT2D eigenvalue weighted by molar-refractivity contribution is -0.122. The molecule has 1 fully saturated rings. The average molecular weight is 233 g/mol. The molecule has 1 aliphatic carbocycles. The van der Waals surface area contributed by atoms with Crippen molar-refractivity contribution in [1.82, 2.24) is 5.32 Å². The summed E-state index contributed by atoms with van der Waals surface area (Å²) in [4.78, 5) is 11.9. The van der Waals surface area contributed by atoms with Crippen LogP contribution in [0.5, 0.6) is 0 Å². The molecule has 1 amide bonds. The number of aliphatic hydroxyl groups is 1. The van der Waals surface area contributed by atoms with Gasteiger partial charge in [-0.1, -0.05) is 30.3 Å². The highest BCUT2D eigenvalue weighted by Gasteiger charge is 2.42. The van der Waals surface area contributed by atoms with E-state index in [0.717, 1.165) is 18.4 Å². The fourth-order valence-electron chi connectivity index (χ4n) is 1.89. The Hall–Kier alpha value is -1.35. The summed E-state index contributed by atoms with van der Waals surface area (Å²) in [5.74, 6) is -0.0957. The molecule has 0 saturated heterocycles. The Bertz CT molecular complexity index is 384. The maximum Gasteiger partial charge on any atom is 0.227 e. The van der Waals surface area contributed by atoms with Crippen LogP contribution < -0.4 is 5.32 Å². The highest BCUT2D eigenvalue weighted by Crippen LogP contribution is 2.44. The van der Waals surface area contributed by atoms with Gasteiger partial charge in [-0.05, 0) is 25.3 Å². The monoisotopic (exact) mass is 233 g/mol. The van der Waals surface area contributed by atoms with E-state index in [1.54, 1.807) is 0 Å². The number of aliphatic hydroxyl groups excluding tert-OH is 1. The highest BCUT2D eigenvalue weighted by atomic mass is 16.3. The van der Waals surface area contributed by atoms with E-state index in [1.165, 1.54) is 0 Å². The van der Waals surface area contributed by atoms with Crippen LogP contribution >= 0.6 is 0 Å². The molecule has 0 heterocycles. The third-order valence-corrected chi connectivity index (χ3v) is 3.62. The van der Waals surface area contributed by atoms with Gasteiger partial charge in [0.15, 0.2) is 0 Å². The van der Waals surface area contributed by atoms with Crippen LogP contribution in [0.1, 0.15) is 31.2 Å². The van der Waals surface area contributed by atoms with Crippen molar-refractivity contribution in [2.75, 3.05) is 13.2 Å². The summed E-state index contributed by atoms with van der Waals surface area (Å²) < 4.78 is 0. The van der Waals surface area contributed by atoms with E-state index in [2.05, 4.69) is 5.32 Å². The third-order valence-electron chi connectivity index (χ3n) is 3.62. The summed E-state index contributed by atoms with van der Waals surface area (Å²) in [6.07, 6.45) is 2.03. The largest absolute Gasteiger partial charge is 0.396 e. The molecule has 0 aliphatic heterocycles. The molecule has 1 saturated carbocycles. The van der Waals surface area contributed by atoms with Gasteiger partial charge in [0.2, 0.25) is 5.91 Å². The molecule has 1 aromatic carbocycles. The summed E-state index contributed by atoms with van der Waals surface area (Å²) in [5, 5.41) is 12.1. The van der Waals surface area contributed by atoms with Gasteiger partial charge in [-0.25, -0.2) is 0 Å². The topological polar surface area (TPSA) is 49.3 Å². The zero-order valence-corrected chi connectivity index (χ0v) is 10.1. The second-order valence-electron chi connectivity index (χ2n) is 5.01. The Morgan fingerprint density at radius 1 is 1.41 bits per heavy atom. The van der Waals surface area contributed by atoms with E-state index in [1.807, 2.05) is 37.3 Å². The van der Waals surface area contributed by atoms with E-state index in [0.29, 0.717) is 6.54 Å². The predicted octanol–water partition coefficient (Wildman–Crippen LogP) is 1.68. The quantitative estimate of drug-likeness (QED) is 0.813. The molecular weight excluding hydrogens is 214 g/mol. The third kappa shape index (κ3) is 2.86. The number of hydrogen-bond donors (Lipinski definition) is 2. The van der Waals surface area contributed by atoms with Crippen molar-refractivity contribution in [1.29, 1.82) is 0 Å². The Morgan fingerprint density at radius 2 is 2.06 bits per heavy atom. The molecule has 17 heavy (non-hydrogen) atoms. The van der Waals surface area contributed by atoms with Gasteiger partial charge in [-0.15, -0.1) is 0 Å². The smallest absolute Gasteiger partial charge is 0.227 e. The maximum atomic E-state index is 11.9. The summed E-state index contributed by atoms with van der Waals surface area (Å²) in [5.41, 5.74) is 1.00. The molecule has 2 rings (SSSR count). The van der Waals surface area contributed by atoms with E-state index < -0.39 is 0 Å². The fourth-order valence-corrected chi connectivity index (χ4v) is 1.89. The molecule has 92 valence electrons. The van der Waals surface area contributed by atoms with Crippen molar-refractivity contribution in [3.8, 4) is 0 Å². The van der Waals surface area contributed by atoms with E-state index >= 15 is 0 Å². The van der Waals surface area contributed by atoms with Gasteiger partial charge in [0, 0.05) is 12.0 Å². The summed E-state index contributed by atoms with van der Waals surface area (Å²) in [6.45, 7) is 2.68. The van der Waals surface area contributed by atoms with Gasteiger partial charge in [0.05, 0.1) is 12.5 Å². The van der Waals surface area contributed by atoms with Crippen LogP contribution in [0.15, 0.2) is 30.3 Å². The fraction of sp³-hybridized carbons (Fsp3) is 0.500. The molecule has 0 bridgehead atoms. The lowest BCUT2D eigenvalue weighted by Gasteiger charge is -2.16. The number of carbonyl (C=O) groups is 1. The molecule has 3 heteroatoms. The zero-order chi connectivity index (χ0) is 12.3. The SMILES string of the molecule is CC(C(=O)NCC1(CO)CC1)c1ccccc1. The molecular formula is C14H19NO2. The first-order chi connectivity index (χ1) is 8.17. The van der Waals surface area contributed by atoms with Crippen LogP contribution in [0.3, 0.4) is 0 Å². The van der Waals surface area contributed by atoms with Crippen LogP contribution in [-0.4, -0.2) is 24.2 Å². The first kappa shape index (κ1) is 12.1. The van der Waals surface area contributed by atoms with Crippen molar-refractivity contribution in [2.45, 2.75) is 25.7 Å². The number of benzene rings is 1. The van der Waals surface area contributed by atoms with Crippen molar-refractivity contribution in [3.05, 3.63) is 35.9 Å². The first-order valence-electron chi connectivity index (χ1n) is 6.10. The van der Waals surface area contributed by atoms with E-state index in [4.69, 9.17) is 0 Å². The number of amides is 1. The van der Waals surface area contributed by atoms with Crippen LogP contribution in [0.4, 0.5) is 0 Å². The van der Waals surface area contributed by atoms with Gasteiger partial charge < -0.3 is 10.4 Å². The van der Waals surface area contributed by atoms with Gasteiger partial charge in [-0.2, -0.15) is 0 Å². The Labute approximate surface area is 102 Å². The van der Waals surface area contributed by atoms with Crippen LogP contribution in [-0.2, 0) is 4.79 Å². The number of hydrogen-bond acceptors (Lipinski definition) is 2. The molecule has 3 nitrogen and oxygen atoms in total. The van der Waals surface area contributed by atoms with Gasteiger partial charge in [-0.3, -0.25) is 4.79 Å². The molecule has 0 aromatic heterocycles. The zero-order valence-electron chi connectivity index (χ0n) is 10.1. The summed E-state index contributed by atoms with van der Waals surface area (Å²) in [6, 6.07) is 9.75. The number of carbonyl (C=O) groups excluding carboxylic acids is 1. The average Bonchev–Trinajstić information content (AvgIpc) is 3.17. The second kappa shape index (κ2) is 4.88. The number of rotatable bonds is 5. The molecule has 0 radical (unpaired) electrons. The highest BCUT2D eigenvalue weighted by molar-refractivity contribution is 5.83. The van der Waals surface area contributed by atoms with Crippen molar-refractivity contribution < 1.29 is 9.90 Å². The molecule has 1 unspecified atom stereocenters. The molecule has 2 N–H and O–H groups in total. The van der Waals surface area contributed by atoms with Crippen LogP contribution in [0.2, 0.25) is 0 Å². The Kier molecular flexibility index (Phi) is 3.48. The van der Waals surface area contributed by atoms with Gasteiger partial charge in [0.25, 0.3) is 0 Å². The van der Waals surface area contributed by atoms with Gasteiger partial charge in [0.1, 0.15) is 0 Å². The Balaban J connectivity index is 1.88. The van der Waals surface area contributed by atoms with Crippen molar-refractivity contribution in [3.63, 3.8) is 0 Å². The van der Waals surface area contributed by atoms with Crippen LogP contribution in [0.25, 0.3) is 0 Å². The minimum absolute atomic E-state index is 0.0218. The molecule has 1 aromatic rings. The van der Waals surface area contributed by atoms with Crippen LogP contribution in [0, 0.1) is 5.41 Å².